The topological polar surface area (TPSA) is 46.9 Å². The maximum absolute atomic E-state index is 12.1. The molecule has 1 saturated carbocycles. The summed E-state index contributed by atoms with van der Waals surface area (Å²) in [5.41, 5.74) is 1.01. The minimum Gasteiger partial charge on any atom is -0.309 e. The molecular weight excluding hydrogens is 286 g/mol. The highest BCUT2D eigenvalue weighted by atomic mass is 35.5. The lowest BCUT2D eigenvalue weighted by atomic mass is 10.1. The van der Waals surface area contributed by atoms with Gasteiger partial charge in [0.15, 0.2) is 5.82 Å². The molecule has 5 heteroatoms. The van der Waals surface area contributed by atoms with Crippen molar-refractivity contribution < 1.29 is 4.79 Å². The van der Waals surface area contributed by atoms with E-state index < -0.39 is 0 Å². The number of carbonyl (C=O) groups excluding carboxylic acids is 1. The Labute approximate surface area is 129 Å². The smallest absolute Gasteiger partial charge is 0.228 e. The van der Waals surface area contributed by atoms with E-state index in [2.05, 4.69) is 10.4 Å². The molecule has 0 spiro atoms. The molecule has 1 amide bonds. The van der Waals surface area contributed by atoms with E-state index in [4.69, 9.17) is 11.6 Å². The van der Waals surface area contributed by atoms with Crippen molar-refractivity contribution in [1.29, 1.82) is 0 Å². The SMILES string of the molecule is O=C(Nc1ccn(Cc2ccccc2Cl)n1)C1CCCC1. The summed E-state index contributed by atoms with van der Waals surface area (Å²) < 4.78 is 1.78. The number of anilines is 1. The third kappa shape index (κ3) is 3.45. The Bertz CT molecular complexity index is 632. The van der Waals surface area contributed by atoms with Crippen LogP contribution in [0.5, 0.6) is 0 Å². The third-order valence-corrected chi connectivity index (χ3v) is 4.28. The minimum absolute atomic E-state index is 0.0930. The van der Waals surface area contributed by atoms with Crippen LogP contribution in [0.4, 0.5) is 5.82 Å². The van der Waals surface area contributed by atoms with Gasteiger partial charge in [0.2, 0.25) is 5.91 Å². The number of nitrogens with one attached hydrogen (secondary N) is 1. The van der Waals surface area contributed by atoms with E-state index >= 15 is 0 Å². The van der Waals surface area contributed by atoms with Crippen LogP contribution in [0.25, 0.3) is 0 Å². The molecule has 1 aliphatic carbocycles. The van der Waals surface area contributed by atoms with Crippen molar-refractivity contribution in [3.8, 4) is 0 Å². The lowest BCUT2D eigenvalue weighted by Gasteiger charge is -2.08. The lowest BCUT2D eigenvalue weighted by molar-refractivity contribution is -0.119. The Morgan fingerprint density at radius 3 is 2.81 bits per heavy atom. The second-order valence-electron chi connectivity index (χ2n) is 5.46. The van der Waals surface area contributed by atoms with Gasteiger partial charge in [-0.3, -0.25) is 9.48 Å². The molecule has 0 bridgehead atoms. The molecule has 110 valence electrons. The number of hydrogen-bond acceptors (Lipinski definition) is 2. The number of rotatable bonds is 4. The fourth-order valence-corrected chi connectivity index (χ4v) is 2.93. The minimum atomic E-state index is 0.0930. The van der Waals surface area contributed by atoms with Gasteiger partial charge in [-0.1, -0.05) is 42.6 Å². The highest BCUT2D eigenvalue weighted by Gasteiger charge is 2.23. The van der Waals surface area contributed by atoms with E-state index in [1.165, 1.54) is 0 Å². The van der Waals surface area contributed by atoms with E-state index in [1.54, 1.807) is 4.68 Å². The maximum atomic E-state index is 12.1. The zero-order valence-electron chi connectivity index (χ0n) is 11.8. The zero-order valence-corrected chi connectivity index (χ0v) is 12.5. The van der Waals surface area contributed by atoms with Gasteiger partial charge in [-0.2, -0.15) is 5.10 Å². The summed E-state index contributed by atoms with van der Waals surface area (Å²) >= 11 is 6.14. The summed E-state index contributed by atoms with van der Waals surface area (Å²) in [5.74, 6) is 0.855. The largest absolute Gasteiger partial charge is 0.309 e. The first-order valence-corrected chi connectivity index (χ1v) is 7.68. The molecule has 0 unspecified atom stereocenters. The molecule has 1 aromatic heterocycles. The molecule has 0 radical (unpaired) electrons. The Balaban J connectivity index is 1.63. The number of aromatic nitrogens is 2. The van der Waals surface area contributed by atoms with Crippen LogP contribution in [0.3, 0.4) is 0 Å². The average molecular weight is 304 g/mol. The maximum Gasteiger partial charge on any atom is 0.228 e. The zero-order chi connectivity index (χ0) is 14.7. The van der Waals surface area contributed by atoms with Gasteiger partial charge in [-0.25, -0.2) is 0 Å². The van der Waals surface area contributed by atoms with Gasteiger partial charge in [-0.05, 0) is 24.5 Å². The van der Waals surface area contributed by atoms with Gasteiger partial charge in [0, 0.05) is 23.2 Å². The Kier molecular flexibility index (Phi) is 4.25. The van der Waals surface area contributed by atoms with E-state index in [1.807, 2.05) is 36.5 Å². The molecule has 4 nitrogen and oxygen atoms in total. The highest BCUT2D eigenvalue weighted by molar-refractivity contribution is 6.31. The molecule has 1 heterocycles. The van der Waals surface area contributed by atoms with Gasteiger partial charge in [0.1, 0.15) is 0 Å². The summed E-state index contributed by atoms with van der Waals surface area (Å²) in [6, 6.07) is 9.52. The molecule has 1 aliphatic rings. The molecule has 0 aliphatic heterocycles. The summed E-state index contributed by atoms with van der Waals surface area (Å²) in [4.78, 5) is 12.1. The van der Waals surface area contributed by atoms with Crippen LogP contribution in [-0.2, 0) is 11.3 Å². The van der Waals surface area contributed by atoms with Crippen LogP contribution in [0, 0.1) is 5.92 Å². The van der Waals surface area contributed by atoms with Crippen molar-refractivity contribution in [1.82, 2.24) is 9.78 Å². The van der Waals surface area contributed by atoms with Crippen LogP contribution in [0.15, 0.2) is 36.5 Å². The molecular formula is C16H18ClN3O. The molecule has 21 heavy (non-hydrogen) atoms. The van der Waals surface area contributed by atoms with Crippen LogP contribution in [0.2, 0.25) is 5.02 Å². The quantitative estimate of drug-likeness (QED) is 0.936. The standard InChI is InChI=1S/C16H18ClN3O/c17-14-8-4-3-7-13(14)11-20-10-9-15(19-20)18-16(21)12-5-1-2-6-12/h3-4,7-10,12H,1-2,5-6,11H2,(H,18,19,21). The summed E-state index contributed by atoms with van der Waals surface area (Å²) in [6.45, 7) is 0.596. The fraction of sp³-hybridized carbons (Fsp3) is 0.375. The summed E-state index contributed by atoms with van der Waals surface area (Å²) in [5, 5.41) is 8.01. The van der Waals surface area contributed by atoms with Gasteiger partial charge < -0.3 is 5.32 Å². The molecule has 1 fully saturated rings. The highest BCUT2D eigenvalue weighted by Crippen LogP contribution is 2.25. The van der Waals surface area contributed by atoms with Gasteiger partial charge in [-0.15, -0.1) is 0 Å². The number of benzene rings is 1. The van der Waals surface area contributed by atoms with Crippen LogP contribution in [-0.4, -0.2) is 15.7 Å². The predicted octanol–water partition coefficient (Wildman–Crippen LogP) is 3.71. The number of carbonyl (C=O) groups is 1. The van der Waals surface area contributed by atoms with E-state index in [0.29, 0.717) is 12.4 Å². The monoisotopic (exact) mass is 303 g/mol. The first-order chi connectivity index (χ1) is 10.2. The number of amides is 1. The van der Waals surface area contributed by atoms with E-state index in [-0.39, 0.29) is 11.8 Å². The van der Waals surface area contributed by atoms with Crippen LogP contribution < -0.4 is 5.32 Å². The van der Waals surface area contributed by atoms with Crippen molar-refractivity contribution in [3.05, 3.63) is 47.1 Å². The second-order valence-corrected chi connectivity index (χ2v) is 5.87. The second kappa shape index (κ2) is 6.31. The molecule has 2 aromatic rings. The van der Waals surface area contributed by atoms with Gasteiger partial charge >= 0.3 is 0 Å². The Hall–Kier alpha value is -1.81. The first-order valence-electron chi connectivity index (χ1n) is 7.30. The molecule has 1 N–H and O–H groups in total. The van der Waals surface area contributed by atoms with Crippen molar-refractivity contribution in [2.75, 3.05) is 5.32 Å². The molecule has 1 aromatic carbocycles. The van der Waals surface area contributed by atoms with Crippen molar-refractivity contribution in [3.63, 3.8) is 0 Å². The van der Waals surface area contributed by atoms with Gasteiger partial charge in [0.05, 0.1) is 6.54 Å². The van der Waals surface area contributed by atoms with Crippen molar-refractivity contribution in [2.45, 2.75) is 32.2 Å². The van der Waals surface area contributed by atoms with E-state index in [0.717, 1.165) is 36.3 Å². The number of halogens is 1. The Morgan fingerprint density at radius 2 is 2.05 bits per heavy atom. The van der Waals surface area contributed by atoms with Crippen LogP contribution in [0.1, 0.15) is 31.2 Å². The average Bonchev–Trinajstić information content (AvgIpc) is 3.13. The van der Waals surface area contributed by atoms with Crippen molar-refractivity contribution >= 4 is 23.3 Å². The number of hydrogen-bond donors (Lipinski definition) is 1. The Morgan fingerprint density at radius 1 is 1.29 bits per heavy atom. The van der Waals surface area contributed by atoms with E-state index in [9.17, 15) is 4.79 Å². The molecule has 0 saturated heterocycles. The van der Waals surface area contributed by atoms with Gasteiger partial charge in [0.25, 0.3) is 0 Å². The molecule has 3 rings (SSSR count). The predicted molar refractivity (Wildman–Crippen MR) is 83.4 cm³/mol. The normalized spacial score (nSPS) is 15.3. The van der Waals surface area contributed by atoms with Crippen molar-refractivity contribution in [2.24, 2.45) is 5.92 Å². The summed E-state index contributed by atoms with van der Waals surface area (Å²) in [7, 11) is 0. The fourth-order valence-electron chi connectivity index (χ4n) is 2.73. The lowest BCUT2D eigenvalue weighted by Crippen LogP contribution is -2.20. The van der Waals surface area contributed by atoms with Crippen LogP contribution >= 0.6 is 11.6 Å². The number of nitrogens with zero attached hydrogens (tertiary/aromatic N) is 2. The first kappa shape index (κ1) is 14.1. The summed E-state index contributed by atoms with van der Waals surface area (Å²) in [6.07, 6.45) is 6.14. The third-order valence-electron chi connectivity index (χ3n) is 3.91. The molecule has 0 atom stereocenters.